The number of rotatable bonds is 5. The first-order valence-corrected chi connectivity index (χ1v) is 10.6. The molecule has 0 unspecified atom stereocenters. The van der Waals surface area contributed by atoms with E-state index in [0.29, 0.717) is 36.2 Å². The van der Waals surface area contributed by atoms with E-state index in [1.165, 1.54) is 11.3 Å². The second-order valence-electron chi connectivity index (χ2n) is 5.95. The van der Waals surface area contributed by atoms with Crippen molar-refractivity contribution in [2.45, 2.75) is 25.0 Å². The van der Waals surface area contributed by atoms with Gasteiger partial charge in [0.2, 0.25) is 0 Å². The van der Waals surface area contributed by atoms with E-state index in [2.05, 4.69) is 20.2 Å². The maximum Gasteiger partial charge on any atom is 0.252 e. The number of thiophene rings is 1. The predicted molar refractivity (Wildman–Crippen MR) is 101 cm³/mol. The highest BCUT2D eigenvalue weighted by molar-refractivity contribution is 7.91. The molecule has 1 aliphatic heterocycles. The number of sulfonamides is 1. The van der Waals surface area contributed by atoms with Crippen LogP contribution in [0.4, 0.5) is 11.6 Å². The number of hydrogen-bond donors (Lipinski definition) is 1. The van der Waals surface area contributed by atoms with Gasteiger partial charge in [-0.3, -0.25) is 0 Å². The molecule has 25 heavy (non-hydrogen) atoms. The molecular weight excluding hydrogens is 358 g/mol. The smallest absolute Gasteiger partial charge is 0.252 e. The first kappa shape index (κ1) is 18.1. The van der Waals surface area contributed by atoms with E-state index in [0.717, 1.165) is 23.1 Å². The second kappa shape index (κ2) is 7.27. The molecule has 9 heteroatoms. The molecule has 136 valence electrons. The topological polar surface area (TPSA) is 78.4 Å². The van der Waals surface area contributed by atoms with Gasteiger partial charge in [-0.05, 0) is 32.9 Å². The largest absolute Gasteiger partial charge is 0.370 e. The van der Waals surface area contributed by atoms with Crippen molar-refractivity contribution in [3.8, 4) is 0 Å². The van der Waals surface area contributed by atoms with Gasteiger partial charge in [-0.2, -0.15) is 4.31 Å². The average molecular weight is 382 g/mol. The highest BCUT2D eigenvalue weighted by Crippen LogP contribution is 2.26. The van der Waals surface area contributed by atoms with Gasteiger partial charge >= 0.3 is 0 Å². The zero-order valence-corrected chi connectivity index (χ0v) is 16.3. The summed E-state index contributed by atoms with van der Waals surface area (Å²) >= 11 is 1.32. The van der Waals surface area contributed by atoms with Crippen LogP contribution in [-0.2, 0) is 10.0 Å². The summed E-state index contributed by atoms with van der Waals surface area (Å²) in [5, 5.41) is 3.20. The van der Waals surface area contributed by atoms with Crippen molar-refractivity contribution in [2.24, 2.45) is 0 Å². The van der Waals surface area contributed by atoms with E-state index in [-0.39, 0.29) is 0 Å². The molecule has 0 aliphatic carbocycles. The van der Waals surface area contributed by atoms with Crippen LogP contribution in [-0.4, -0.2) is 55.4 Å². The quantitative estimate of drug-likeness (QED) is 0.854. The maximum absolute atomic E-state index is 12.7. The van der Waals surface area contributed by atoms with Gasteiger partial charge in [0.05, 0.1) is 0 Å². The Balaban J connectivity index is 1.72. The average Bonchev–Trinajstić information content (AvgIpc) is 3.02. The molecule has 1 aliphatic rings. The lowest BCUT2D eigenvalue weighted by Crippen LogP contribution is -2.48. The molecule has 7 nitrogen and oxygen atoms in total. The van der Waals surface area contributed by atoms with Crippen molar-refractivity contribution < 1.29 is 8.42 Å². The molecule has 0 atom stereocenters. The highest BCUT2D eigenvalue weighted by Gasteiger charge is 2.30. The molecule has 2 aromatic rings. The summed E-state index contributed by atoms with van der Waals surface area (Å²) in [5.41, 5.74) is 0. The highest BCUT2D eigenvalue weighted by atomic mass is 32.2. The van der Waals surface area contributed by atoms with Crippen molar-refractivity contribution in [3.63, 3.8) is 0 Å². The van der Waals surface area contributed by atoms with Gasteiger partial charge in [0.25, 0.3) is 10.0 Å². The molecule has 1 fully saturated rings. The number of aromatic nitrogens is 2. The maximum atomic E-state index is 12.7. The number of nitrogens with one attached hydrogen (secondary N) is 1. The fourth-order valence-electron chi connectivity index (χ4n) is 2.82. The zero-order valence-electron chi connectivity index (χ0n) is 14.7. The third-order valence-corrected chi connectivity index (χ3v) is 7.42. The first-order valence-electron chi connectivity index (χ1n) is 8.31. The third kappa shape index (κ3) is 3.94. The Hall–Kier alpha value is -1.71. The molecule has 0 bridgehead atoms. The number of nitrogens with zero attached hydrogens (tertiary/aromatic N) is 4. The summed E-state index contributed by atoms with van der Waals surface area (Å²) in [7, 11) is -3.39. The minimum atomic E-state index is -3.39. The monoisotopic (exact) mass is 381 g/mol. The van der Waals surface area contributed by atoms with E-state index in [1.54, 1.807) is 10.4 Å². The van der Waals surface area contributed by atoms with E-state index < -0.39 is 10.0 Å². The molecular formula is C16H23N5O2S2. The standard InChI is InChI=1S/C16H23N5O2S2/c1-4-17-14-11-15(19-13(3)18-14)20-7-9-21(10-8-20)25(22,23)16-6-5-12(2)24-16/h5-6,11H,4,7-10H2,1-3H3,(H,17,18,19). The lowest BCUT2D eigenvalue weighted by Gasteiger charge is -2.34. The van der Waals surface area contributed by atoms with Crippen molar-refractivity contribution in [1.82, 2.24) is 14.3 Å². The van der Waals surface area contributed by atoms with Crippen LogP contribution in [0.5, 0.6) is 0 Å². The van der Waals surface area contributed by atoms with Crippen LogP contribution in [0.3, 0.4) is 0 Å². The summed E-state index contributed by atoms with van der Waals surface area (Å²) in [6.07, 6.45) is 0. The Morgan fingerprint density at radius 1 is 1.16 bits per heavy atom. The molecule has 0 radical (unpaired) electrons. The number of hydrogen-bond acceptors (Lipinski definition) is 7. The van der Waals surface area contributed by atoms with Crippen LogP contribution in [0.2, 0.25) is 0 Å². The summed E-state index contributed by atoms with van der Waals surface area (Å²) in [6.45, 7) is 8.75. The molecule has 1 saturated heterocycles. The molecule has 0 amide bonds. The van der Waals surface area contributed by atoms with Crippen molar-refractivity contribution in [1.29, 1.82) is 0 Å². The second-order valence-corrected chi connectivity index (χ2v) is 9.40. The van der Waals surface area contributed by atoms with E-state index in [1.807, 2.05) is 32.9 Å². The number of piperazine rings is 1. The van der Waals surface area contributed by atoms with Crippen molar-refractivity contribution >= 4 is 33.0 Å². The van der Waals surface area contributed by atoms with Crippen LogP contribution in [0, 0.1) is 13.8 Å². The normalized spacial score (nSPS) is 16.2. The molecule has 2 aromatic heterocycles. The minimum absolute atomic E-state index is 0.422. The molecule has 3 rings (SSSR count). The van der Waals surface area contributed by atoms with Crippen LogP contribution in [0.15, 0.2) is 22.4 Å². The van der Waals surface area contributed by atoms with Gasteiger partial charge in [-0.25, -0.2) is 18.4 Å². The summed E-state index contributed by atoms with van der Waals surface area (Å²) in [5.74, 6) is 2.35. The van der Waals surface area contributed by atoms with Gasteiger partial charge in [0.15, 0.2) is 0 Å². The van der Waals surface area contributed by atoms with Crippen LogP contribution in [0.1, 0.15) is 17.6 Å². The number of anilines is 2. The van der Waals surface area contributed by atoms with E-state index in [4.69, 9.17) is 0 Å². The lowest BCUT2D eigenvalue weighted by atomic mass is 10.3. The lowest BCUT2D eigenvalue weighted by molar-refractivity contribution is 0.384. The van der Waals surface area contributed by atoms with Gasteiger partial charge in [0, 0.05) is 43.7 Å². The SMILES string of the molecule is CCNc1cc(N2CCN(S(=O)(=O)c3ccc(C)s3)CC2)nc(C)n1. The van der Waals surface area contributed by atoms with Crippen molar-refractivity contribution in [2.75, 3.05) is 42.9 Å². The Morgan fingerprint density at radius 2 is 1.88 bits per heavy atom. The summed E-state index contributed by atoms with van der Waals surface area (Å²) in [6, 6.07) is 5.46. The predicted octanol–water partition coefficient (Wildman–Crippen LogP) is 2.10. The van der Waals surface area contributed by atoms with Crippen molar-refractivity contribution in [3.05, 3.63) is 28.9 Å². The van der Waals surface area contributed by atoms with Crippen LogP contribution >= 0.6 is 11.3 Å². The fraction of sp³-hybridized carbons (Fsp3) is 0.500. The zero-order chi connectivity index (χ0) is 18.0. The molecule has 0 saturated carbocycles. The van der Waals surface area contributed by atoms with Gasteiger partial charge < -0.3 is 10.2 Å². The van der Waals surface area contributed by atoms with E-state index in [9.17, 15) is 8.42 Å². The van der Waals surface area contributed by atoms with Crippen LogP contribution < -0.4 is 10.2 Å². The third-order valence-electron chi connectivity index (χ3n) is 4.05. The Bertz CT molecular complexity index is 842. The Labute approximate surface area is 152 Å². The molecule has 0 aromatic carbocycles. The van der Waals surface area contributed by atoms with Gasteiger partial charge in [0.1, 0.15) is 21.7 Å². The fourth-order valence-corrected chi connectivity index (χ4v) is 5.68. The number of aryl methyl sites for hydroxylation is 2. The van der Waals surface area contributed by atoms with E-state index >= 15 is 0 Å². The first-order chi connectivity index (χ1) is 11.9. The summed E-state index contributed by atoms with van der Waals surface area (Å²) in [4.78, 5) is 12.0. The molecule has 0 spiro atoms. The van der Waals surface area contributed by atoms with Gasteiger partial charge in [-0.15, -0.1) is 11.3 Å². The molecule has 1 N–H and O–H groups in total. The van der Waals surface area contributed by atoms with Crippen LogP contribution in [0.25, 0.3) is 0 Å². The minimum Gasteiger partial charge on any atom is -0.370 e. The summed E-state index contributed by atoms with van der Waals surface area (Å²) < 4.78 is 27.4. The molecule has 3 heterocycles. The Kier molecular flexibility index (Phi) is 5.26. The van der Waals surface area contributed by atoms with Gasteiger partial charge in [-0.1, -0.05) is 0 Å². The Morgan fingerprint density at radius 3 is 2.48 bits per heavy atom.